The first-order valence-electron chi connectivity index (χ1n) is 5.45. The number of imidazole rings is 1. The molecule has 7 heteroatoms. The van der Waals surface area contributed by atoms with Crippen LogP contribution in [0.15, 0.2) is 12.4 Å². The molecule has 1 aromatic heterocycles. The lowest BCUT2D eigenvalue weighted by Gasteiger charge is -2.09. The molecule has 92 valence electrons. The Balaban J connectivity index is 1.62. The zero-order chi connectivity index (χ0) is 12.1. The van der Waals surface area contributed by atoms with Crippen LogP contribution >= 0.6 is 11.8 Å². The average Bonchev–Trinajstić information content (AvgIpc) is 2.95. The molecule has 1 aromatic rings. The highest BCUT2D eigenvalue weighted by Gasteiger charge is 2.27. The first-order chi connectivity index (χ1) is 8.25. The van der Waals surface area contributed by atoms with Gasteiger partial charge in [-0.25, -0.2) is 4.98 Å². The summed E-state index contributed by atoms with van der Waals surface area (Å²) in [7, 11) is 0. The van der Waals surface area contributed by atoms with Crippen LogP contribution in [0.25, 0.3) is 0 Å². The van der Waals surface area contributed by atoms with E-state index in [1.165, 1.54) is 0 Å². The number of H-pyrrole nitrogens is 1. The third-order valence-electron chi connectivity index (χ3n) is 2.43. The molecule has 2 amide bonds. The number of hydrogen-bond acceptors (Lipinski definition) is 4. The minimum Gasteiger partial charge on any atom is -0.354 e. The number of nitrogens with zero attached hydrogens (tertiary/aromatic N) is 1. The Labute approximate surface area is 103 Å². The maximum absolute atomic E-state index is 11.6. The zero-order valence-electron chi connectivity index (χ0n) is 9.23. The van der Waals surface area contributed by atoms with E-state index >= 15 is 0 Å². The fraction of sp³-hybridized carbons (Fsp3) is 0.500. The Kier molecular flexibility index (Phi) is 4.03. The predicted octanol–water partition coefficient (Wildman–Crippen LogP) is 0.283. The van der Waals surface area contributed by atoms with Gasteiger partial charge in [0.2, 0.25) is 5.91 Å². The number of aryl methyl sites for hydroxylation is 1. The normalized spacial score (nSPS) is 19.1. The van der Waals surface area contributed by atoms with Crippen molar-refractivity contribution in [2.75, 3.05) is 12.3 Å². The van der Waals surface area contributed by atoms with Crippen LogP contribution in [-0.4, -0.2) is 39.5 Å². The summed E-state index contributed by atoms with van der Waals surface area (Å²) in [6.45, 7) is 0.594. The van der Waals surface area contributed by atoms with E-state index in [9.17, 15) is 9.59 Å². The van der Waals surface area contributed by atoms with Gasteiger partial charge in [-0.15, -0.1) is 0 Å². The van der Waals surface area contributed by atoms with E-state index in [0.717, 1.165) is 30.4 Å². The van der Waals surface area contributed by atoms with E-state index in [-0.39, 0.29) is 17.2 Å². The lowest BCUT2D eigenvalue weighted by atomic mass is 10.2. The molecular weight excluding hydrogens is 240 g/mol. The van der Waals surface area contributed by atoms with Gasteiger partial charge < -0.3 is 15.6 Å². The molecule has 2 rings (SSSR count). The first-order valence-corrected chi connectivity index (χ1v) is 6.43. The van der Waals surface area contributed by atoms with Crippen molar-refractivity contribution in [3.8, 4) is 0 Å². The molecular formula is C10H14N4O2S. The summed E-state index contributed by atoms with van der Waals surface area (Å²) < 4.78 is 0. The smallest absolute Gasteiger partial charge is 0.279 e. The average molecular weight is 254 g/mol. The molecule has 3 N–H and O–H groups in total. The Bertz CT molecular complexity index is 393. The van der Waals surface area contributed by atoms with E-state index in [2.05, 4.69) is 20.6 Å². The SMILES string of the molecule is O=C1NC(C(=O)NCCCc2ncc[nH]2)CS1. The third kappa shape index (κ3) is 3.48. The largest absolute Gasteiger partial charge is 0.354 e. The third-order valence-corrected chi connectivity index (χ3v) is 3.31. The summed E-state index contributed by atoms with van der Waals surface area (Å²) in [4.78, 5) is 29.6. The second-order valence-electron chi connectivity index (χ2n) is 3.73. The molecule has 1 unspecified atom stereocenters. The number of hydrogen-bond donors (Lipinski definition) is 3. The Morgan fingerprint density at radius 1 is 1.65 bits per heavy atom. The van der Waals surface area contributed by atoms with Crippen molar-refractivity contribution in [2.24, 2.45) is 0 Å². The molecule has 0 bridgehead atoms. The molecule has 2 heterocycles. The molecule has 6 nitrogen and oxygen atoms in total. The lowest BCUT2D eigenvalue weighted by molar-refractivity contribution is -0.122. The van der Waals surface area contributed by atoms with Crippen molar-refractivity contribution in [1.29, 1.82) is 0 Å². The molecule has 0 spiro atoms. The van der Waals surface area contributed by atoms with Gasteiger partial charge >= 0.3 is 0 Å². The topological polar surface area (TPSA) is 86.9 Å². The summed E-state index contributed by atoms with van der Waals surface area (Å²) in [5.74, 6) is 1.33. The molecule has 1 aliphatic heterocycles. The maximum atomic E-state index is 11.6. The van der Waals surface area contributed by atoms with Crippen LogP contribution in [0.3, 0.4) is 0 Å². The highest BCUT2D eigenvalue weighted by atomic mass is 32.2. The van der Waals surface area contributed by atoms with Crippen LogP contribution in [0.5, 0.6) is 0 Å². The molecule has 0 radical (unpaired) electrons. The van der Waals surface area contributed by atoms with Crippen LogP contribution in [0.1, 0.15) is 12.2 Å². The minimum atomic E-state index is -0.379. The van der Waals surface area contributed by atoms with Crippen molar-refractivity contribution < 1.29 is 9.59 Å². The van der Waals surface area contributed by atoms with E-state index < -0.39 is 0 Å². The highest BCUT2D eigenvalue weighted by Crippen LogP contribution is 2.12. The maximum Gasteiger partial charge on any atom is 0.279 e. The van der Waals surface area contributed by atoms with Crippen molar-refractivity contribution in [3.05, 3.63) is 18.2 Å². The number of thioether (sulfide) groups is 1. The van der Waals surface area contributed by atoms with Crippen molar-refractivity contribution in [2.45, 2.75) is 18.9 Å². The van der Waals surface area contributed by atoms with Gasteiger partial charge in [0, 0.05) is 31.1 Å². The van der Waals surface area contributed by atoms with Gasteiger partial charge in [0.25, 0.3) is 5.24 Å². The van der Waals surface area contributed by atoms with Crippen LogP contribution in [-0.2, 0) is 11.2 Å². The monoisotopic (exact) mass is 254 g/mol. The number of carbonyl (C=O) groups excluding carboxylic acids is 2. The van der Waals surface area contributed by atoms with Crippen LogP contribution in [0.2, 0.25) is 0 Å². The lowest BCUT2D eigenvalue weighted by Crippen LogP contribution is -2.43. The first kappa shape index (κ1) is 12.0. The van der Waals surface area contributed by atoms with Crippen molar-refractivity contribution >= 4 is 22.9 Å². The van der Waals surface area contributed by atoms with Crippen LogP contribution in [0, 0.1) is 0 Å². The number of nitrogens with one attached hydrogen (secondary N) is 3. The molecule has 1 aliphatic rings. The van der Waals surface area contributed by atoms with Gasteiger partial charge in [0.1, 0.15) is 11.9 Å². The Morgan fingerprint density at radius 2 is 2.53 bits per heavy atom. The summed E-state index contributed by atoms with van der Waals surface area (Å²) in [5, 5.41) is 5.28. The number of amides is 2. The van der Waals surface area contributed by atoms with Gasteiger partial charge in [-0.3, -0.25) is 9.59 Å². The second-order valence-corrected chi connectivity index (χ2v) is 4.72. The number of aromatic nitrogens is 2. The summed E-state index contributed by atoms with van der Waals surface area (Å²) in [5.41, 5.74) is 0. The standard InChI is InChI=1S/C10H14N4O2S/c15-9(7-6-17-10(16)14-7)13-3-1-2-8-11-4-5-12-8/h4-5,7H,1-3,6H2,(H,11,12)(H,13,15)(H,14,16). The van der Waals surface area contributed by atoms with Gasteiger partial charge in [0.05, 0.1) is 0 Å². The summed E-state index contributed by atoms with van der Waals surface area (Å²) in [6.07, 6.45) is 5.12. The fourth-order valence-electron chi connectivity index (χ4n) is 1.55. The highest BCUT2D eigenvalue weighted by molar-refractivity contribution is 8.14. The molecule has 1 atom stereocenters. The Hall–Kier alpha value is -1.50. The number of aromatic amines is 1. The van der Waals surface area contributed by atoms with Crippen LogP contribution in [0.4, 0.5) is 4.79 Å². The second kappa shape index (κ2) is 5.72. The molecule has 17 heavy (non-hydrogen) atoms. The summed E-state index contributed by atoms with van der Waals surface area (Å²) >= 11 is 1.15. The van der Waals surface area contributed by atoms with Crippen molar-refractivity contribution in [3.63, 3.8) is 0 Å². The van der Waals surface area contributed by atoms with Gasteiger partial charge in [-0.2, -0.15) is 0 Å². The minimum absolute atomic E-state index is 0.109. The zero-order valence-corrected chi connectivity index (χ0v) is 10.0. The van der Waals surface area contributed by atoms with Gasteiger partial charge in [-0.1, -0.05) is 11.8 Å². The molecule has 0 aromatic carbocycles. The van der Waals surface area contributed by atoms with E-state index in [0.29, 0.717) is 12.3 Å². The molecule has 0 saturated carbocycles. The summed E-state index contributed by atoms with van der Waals surface area (Å²) in [6, 6.07) is -0.379. The van der Waals surface area contributed by atoms with E-state index in [1.807, 2.05) is 0 Å². The number of carbonyl (C=O) groups is 2. The van der Waals surface area contributed by atoms with Crippen LogP contribution < -0.4 is 10.6 Å². The molecule has 1 fully saturated rings. The fourth-order valence-corrected chi connectivity index (χ4v) is 2.33. The van der Waals surface area contributed by atoms with Gasteiger partial charge in [0.15, 0.2) is 0 Å². The predicted molar refractivity (Wildman–Crippen MR) is 64.7 cm³/mol. The van der Waals surface area contributed by atoms with Gasteiger partial charge in [-0.05, 0) is 6.42 Å². The van der Waals surface area contributed by atoms with E-state index in [4.69, 9.17) is 0 Å². The molecule has 0 aliphatic carbocycles. The van der Waals surface area contributed by atoms with Crippen molar-refractivity contribution in [1.82, 2.24) is 20.6 Å². The quantitative estimate of drug-likeness (QED) is 0.659. The molecule has 1 saturated heterocycles. The Morgan fingerprint density at radius 3 is 3.18 bits per heavy atom. The number of rotatable bonds is 5. The van der Waals surface area contributed by atoms with E-state index in [1.54, 1.807) is 12.4 Å².